The molecule has 1 aliphatic heterocycles. The van der Waals surface area contributed by atoms with E-state index in [0.29, 0.717) is 18.7 Å². The number of aliphatic hydroxyl groups excluding tert-OH is 1. The van der Waals surface area contributed by atoms with Crippen LogP contribution in [0.3, 0.4) is 0 Å². The maximum atomic E-state index is 12.9. The lowest BCUT2D eigenvalue weighted by Gasteiger charge is -2.42. The molecule has 1 fully saturated rings. The van der Waals surface area contributed by atoms with Gasteiger partial charge in [0, 0.05) is 5.41 Å². The number of benzene rings is 1. The molecule has 2 nitrogen and oxygen atoms in total. The van der Waals surface area contributed by atoms with Gasteiger partial charge in [-0.05, 0) is 31.5 Å². The van der Waals surface area contributed by atoms with Crippen molar-refractivity contribution in [1.82, 2.24) is 5.32 Å². The molecular formula is C13H16F3NO. The normalized spacial score (nSPS) is 21.6. The molecule has 1 atom stereocenters. The zero-order valence-corrected chi connectivity index (χ0v) is 9.87. The van der Waals surface area contributed by atoms with Gasteiger partial charge in [0.1, 0.15) is 0 Å². The van der Waals surface area contributed by atoms with E-state index in [2.05, 4.69) is 5.32 Å². The summed E-state index contributed by atoms with van der Waals surface area (Å²) in [5.41, 5.74) is -0.651. The number of hydrogen-bond donors (Lipinski definition) is 2. The third kappa shape index (κ3) is 2.37. The van der Waals surface area contributed by atoms with Crippen molar-refractivity contribution in [3.63, 3.8) is 0 Å². The molecule has 5 heteroatoms. The Kier molecular flexibility index (Phi) is 3.64. The smallest absolute Gasteiger partial charge is 0.383 e. The fourth-order valence-corrected chi connectivity index (χ4v) is 2.68. The predicted molar refractivity (Wildman–Crippen MR) is 62.3 cm³/mol. The van der Waals surface area contributed by atoms with Gasteiger partial charge >= 0.3 is 6.18 Å². The number of rotatable bonds is 2. The summed E-state index contributed by atoms with van der Waals surface area (Å²) in [6.45, 7) is 0.976. The van der Waals surface area contributed by atoms with Crippen LogP contribution in [0.2, 0.25) is 0 Å². The lowest BCUT2D eigenvalue weighted by molar-refractivity contribution is -0.228. The molecule has 0 saturated carbocycles. The van der Waals surface area contributed by atoms with Crippen LogP contribution in [0.5, 0.6) is 0 Å². The fraction of sp³-hybridized carbons (Fsp3) is 0.538. The van der Waals surface area contributed by atoms with Crippen LogP contribution >= 0.6 is 0 Å². The van der Waals surface area contributed by atoms with Gasteiger partial charge in [0.2, 0.25) is 0 Å². The highest BCUT2D eigenvalue weighted by Gasteiger charge is 2.53. The van der Waals surface area contributed by atoms with Gasteiger partial charge in [0.15, 0.2) is 6.10 Å². The monoisotopic (exact) mass is 259 g/mol. The summed E-state index contributed by atoms with van der Waals surface area (Å²) in [5, 5.41) is 12.8. The zero-order valence-electron chi connectivity index (χ0n) is 9.87. The second-order valence-corrected chi connectivity index (χ2v) is 4.72. The van der Waals surface area contributed by atoms with E-state index in [0.717, 1.165) is 0 Å². The Morgan fingerprint density at radius 2 is 1.67 bits per heavy atom. The van der Waals surface area contributed by atoms with E-state index in [4.69, 9.17) is 0 Å². The third-order valence-corrected chi connectivity index (χ3v) is 3.68. The number of piperidine rings is 1. The Morgan fingerprint density at radius 1 is 1.11 bits per heavy atom. The number of alkyl halides is 3. The maximum Gasteiger partial charge on any atom is 0.415 e. The van der Waals surface area contributed by atoms with Gasteiger partial charge in [-0.3, -0.25) is 0 Å². The van der Waals surface area contributed by atoms with E-state index in [9.17, 15) is 18.3 Å². The Balaban J connectivity index is 2.41. The van der Waals surface area contributed by atoms with Gasteiger partial charge in [-0.2, -0.15) is 13.2 Å². The molecule has 100 valence electrons. The van der Waals surface area contributed by atoms with Gasteiger partial charge < -0.3 is 10.4 Å². The second kappa shape index (κ2) is 4.90. The van der Waals surface area contributed by atoms with Crippen molar-refractivity contribution in [2.45, 2.75) is 30.5 Å². The highest BCUT2D eigenvalue weighted by Crippen LogP contribution is 2.42. The van der Waals surface area contributed by atoms with Crippen molar-refractivity contribution in [2.24, 2.45) is 0 Å². The van der Waals surface area contributed by atoms with Crippen LogP contribution in [0.15, 0.2) is 30.3 Å². The quantitative estimate of drug-likeness (QED) is 0.853. The Morgan fingerprint density at radius 3 is 2.17 bits per heavy atom. The van der Waals surface area contributed by atoms with Crippen molar-refractivity contribution in [1.29, 1.82) is 0 Å². The van der Waals surface area contributed by atoms with E-state index in [1.54, 1.807) is 30.3 Å². The number of halogens is 3. The second-order valence-electron chi connectivity index (χ2n) is 4.72. The Bertz CT molecular complexity index is 385. The van der Waals surface area contributed by atoms with E-state index < -0.39 is 17.7 Å². The molecule has 1 aromatic carbocycles. The summed E-state index contributed by atoms with van der Waals surface area (Å²) in [7, 11) is 0. The van der Waals surface area contributed by atoms with Crippen LogP contribution in [0, 0.1) is 0 Å². The first-order chi connectivity index (χ1) is 8.47. The molecule has 0 aliphatic carbocycles. The average molecular weight is 259 g/mol. The Labute approximate surface area is 104 Å². The third-order valence-electron chi connectivity index (χ3n) is 3.68. The molecule has 2 rings (SSSR count). The highest BCUT2D eigenvalue weighted by atomic mass is 19.4. The topological polar surface area (TPSA) is 32.3 Å². The number of nitrogens with one attached hydrogen (secondary N) is 1. The van der Waals surface area contributed by atoms with Crippen LogP contribution in [0.1, 0.15) is 18.4 Å². The van der Waals surface area contributed by atoms with E-state index >= 15 is 0 Å². The van der Waals surface area contributed by atoms with Gasteiger partial charge in [-0.15, -0.1) is 0 Å². The molecular weight excluding hydrogens is 243 g/mol. The van der Waals surface area contributed by atoms with Gasteiger partial charge in [-0.1, -0.05) is 30.3 Å². The van der Waals surface area contributed by atoms with E-state index in [1.807, 2.05) is 0 Å². The van der Waals surface area contributed by atoms with Gasteiger partial charge in [-0.25, -0.2) is 0 Å². The number of aliphatic hydroxyl groups is 1. The van der Waals surface area contributed by atoms with Crippen molar-refractivity contribution < 1.29 is 18.3 Å². The molecule has 0 radical (unpaired) electrons. The van der Waals surface area contributed by atoms with Crippen LogP contribution in [-0.2, 0) is 5.41 Å². The van der Waals surface area contributed by atoms with Crippen LogP contribution in [0.25, 0.3) is 0 Å². The summed E-state index contributed by atoms with van der Waals surface area (Å²) >= 11 is 0. The molecule has 1 saturated heterocycles. The van der Waals surface area contributed by atoms with E-state index in [-0.39, 0.29) is 12.8 Å². The molecule has 1 aliphatic rings. The van der Waals surface area contributed by atoms with Crippen LogP contribution in [0.4, 0.5) is 13.2 Å². The van der Waals surface area contributed by atoms with Crippen molar-refractivity contribution in [3.05, 3.63) is 35.9 Å². The zero-order chi connectivity index (χ0) is 13.2. The van der Waals surface area contributed by atoms with Crippen LogP contribution < -0.4 is 5.32 Å². The van der Waals surface area contributed by atoms with Crippen molar-refractivity contribution >= 4 is 0 Å². The van der Waals surface area contributed by atoms with Crippen molar-refractivity contribution in [2.75, 3.05) is 13.1 Å². The summed E-state index contributed by atoms with van der Waals surface area (Å²) in [4.78, 5) is 0. The molecule has 2 N–H and O–H groups in total. The largest absolute Gasteiger partial charge is 0.415 e. The first kappa shape index (κ1) is 13.4. The van der Waals surface area contributed by atoms with Gasteiger partial charge in [0.05, 0.1) is 0 Å². The average Bonchev–Trinajstić information content (AvgIpc) is 2.39. The lowest BCUT2D eigenvalue weighted by Crippen LogP contribution is -2.53. The highest BCUT2D eigenvalue weighted by molar-refractivity contribution is 5.28. The van der Waals surface area contributed by atoms with E-state index in [1.165, 1.54) is 0 Å². The molecule has 18 heavy (non-hydrogen) atoms. The molecule has 0 bridgehead atoms. The summed E-state index contributed by atoms with van der Waals surface area (Å²) in [6.07, 6.45) is -6.32. The molecule has 1 heterocycles. The molecule has 0 aromatic heterocycles. The molecule has 1 aromatic rings. The lowest BCUT2D eigenvalue weighted by atomic mass is 9.69. The summed E-state index contributed by atoms with van der Waals surface area (Å²) in [6, 6.07) is 8.52. The minimum Gasteiger partial charge on any atom is -0.383 e. The standard InChI is InChI=1S/C13H16F3NO/c14-13(15,16)11(18)12(6-8-17-9-7-12)10-4-2-1-3-5-10/h1-5,11,17-18H,6-9H2. The first-order valence-corrected chi connectivity index (χ1v) is 5.98. The summed E-state index contributed by atoms with van der Waals surface area (Å²) in [5.74, 6) is 0. The predicted octanol–water partition coefficient (Wildman–Crippen LogP) is 2.23. The SMILES string of the molecule is OC(C(F)(F)F)C1(c2ccccc2)CCNCC1. The molecule has 1 unspecified atom stereocenters. The number of hydrogen-bond acceptors (Lipinski definition) is 2. The first-order valence-electron chi connectivity index (χ1n) is 5.98. The molecule has 0 amide bonds. The van der Waals surface area contributed by atoms with Crippen LogP contribution in [-0.4, -0.2) is 30.5 Å². The minimum atomic E-state index is -4.59. The summed E-state index contributed by atoms with van der Waals surface area (Å²) < 4.78 is 38.7. The minimum absolute atomic E-state index is 0.289. The maximum absolute atomic E-state index is 12.9. The molecule has 0 spiro atoms. The Hall–Kier alpha value is -1.07. The fourth-order valence-electron chi connectivity index (χ4n) is 2.68. The van der Waals surface area contributed by atoms with Crippen molar-refractivity contribution in [3.8, 4) is 0 Å². The van der Waals surface area contributed by atoms with Gasteiger partial charge in [0.25, 0.3) is 0 Å².